The van der Waals surface area contributed by atoms with Crippen molar-refractivity contribution in [2.24, 2.45) is 0 Å². The first-order chi connectivity index (χ1) is 8.34. The van der Waals surface area contributed by atoms with Crippen molar-refractivity contribution in [1.82, 2.24) is 10.3 Å². The fourth-order valence-electron chi connectivity index (χ4n) is 2.40. The van der Waals surface area contributed by atoms with Crippen LogP contribution in [-0.2, 0) is 12.7 Å². The van der Waals surface area contributed by atoms with Gasteiger partial charge in [-0.25, -0.2) is 0 Å². The average molecular weight is 256 g/mol. The highest BCUT2D eigenvalue weighted by Gasteiger charge is 2.36. The highest BCUT2D eigenvalue weighted by atomic mass is 19.4. The van der Waals surface area contributed by atoms with Crippen LogP contribution in [0.3, 0.4) is 0 Å². The van der Waals surface area contributed by atoms with E-state index in [1.807, 2.05) is 19.9 Å². The molecule has 2 nitrogen and oxygen atoms in total. The van der Waals surface area contributed by atoms with Crippen molar-refractivity contribution in [3.05, 3.63) is 34.5 Å². The molecule has 0 aliphatic rings. The number of halogens is 3. The minimum absolute atomic E-state index is 0.193. The maximum Gasteiger partial charge on any atom is 0.431 e. The Balaban J connectivity index is 2.80. The van der Waals surface area contributed by atoms with Gasteiger partial charge in [-0.2, -0.15) is 13.2 Å². The summed E-state index contributed by atoms with van der Waals surface area (Å²) < 4.78 is 38.9. The molecule has 0 unspecified atom stereocenters. The van der Waals surface area contributed by atoms with Crippen LogP contribution in [0.5, 0.6) is 0 Å². The number of fused-ring (bicyclic) bond motifs is 1. The summed E-state index contributed by atoms with van der Waals surface area (Å²) in [6.45, 7) is 3.90. The van der Waals surface area contributed by atoms with E-state index in [9.17, 15) is 13.2 Å². The number of hydrogen-bond donors (Lipinski definition) is 2. The lowest BCUT2D eigenvalue weighted by molar-refractivity contribution is -0.141. The van der Waals surface area contributed by atoms with Crippen LogP contribution in [0.25, 0.3) is 10.9 Å². The molecule has 0 atom stereocenters. The predicted molar refractivity (Wildman–Crippen MR) is 65.5 cm³/mol. The number of nitrogens with one attached hydrogen (secondary N) is 2. The van der Waals surface area contributed by atoms with Gasteiger partial charge in [-0.15, -0.1) is 0 Å². The summed E-state index contributed by atoms with van der Waals surface area (Å²) in [5, 5.41) is 3.47. The molecule has 0 bridgehead atoms. The van der Waals surface area contributed by atoms with E-state index in [1.165, 1.54) is 0 Å². The van der Waals surface area contributed by atoms with Crippen LogP contribution in [0.1, 0.15) is 22.4 Å². The van der Waals surface area contributed by atoms with E-state index in [-0.39, 0.29) is 12.1 Å². The topological polar surface area (TPSA) is 27.8 Å². The van der Waals surface area contributed by atoms with Crippen molar-refractivity contribution in [1.29, 1.82) is 0 Å². The molecule has 0 amide bonds. The van der Waals surface area contributed by atoms with Gasteiger partial charge in [-0.3, -0.25) is 0 Å². The lowest BCUT2D eigenvalue weighted by Gasteiger charge is -2.08. The van der Waals surface area contributed by atoms with Gasteiger partial charge >= 0.3 is 6.18 Å². The number of hydrogen-bond acceptors (Lipinski definition) is 1. The second-order valence-corrected chi connectivity index (χ2v) is 4.51. The van der Waals surface area contributed by atoms with Crippen molar-refractivity contribution in [3.8, 4) is 0 Å². The van der Waals surface area contributed by atoms with Crippen molar-refractivity contribution < 1.29 is 13.2 Å². The fraction of sp³-hybridized carbons (Fsp3) is 0.385. The van der Waals surface area contributed by atoms with Crippen molar-refractivity contribution >= 4 is 10.9 Å². The van der Waals surface area contributed by atoms with E-state index >= 15 is 0 Å². The highest BCUT2D eigenvalue weighted by Crippen LogP contribution is 2.36. The molecule has 0 aliphatic carbocycles. The number of benzene rings is 1. The zero-order chi connectivity index (χ0) is 13.5. The van der Waals surface area contributed by atoms with E-state index in [4.69, 9.17) is 0 Å². The van der Waals surface area contributed by atoms with E-state index in [0.717, 1.165) is 11.1 Å². The zero-order valence-corrected chi connectivity index (χ0v) is 10.5. The third-order valence-corrected chi connectivity index (χ3v) is 2.98. The van der Waals surface area contributed by atoms with Gasteiger partial charge in [-0.1, -0.05) is 6.07 Å². The Morgan fingerprint density at radius 3 is 2.44 bits per heavy atom. The fourth-order valence-corrected chi connectivity index (χ4v) is 2.40. The molecule has 0 aliphatic heterocycles. The molecular weight excluding hydrogens is 241 g/mol. The van der Waals surface area contributed by atoms with Crippen LogP contribution < -0.4 is 5.32 Å². The van der Waals surface area contributed by atoms with Crippen molar-refractivity contribution in [2.45, 2.75) is 26.6 Å². The molecule has 2 rings (SSSR count). The number of alkyl halides is 3. The molecule has 0 radical (unpaired) electrons. The molecule has 98 valence electrons. The number of rotatable bonds is 2. The van der Waals surface area contributed by atoms with E-state index < -0.39 is 11.9 Å². The lowest BCUT2D eigenvalue weighted by atomic mass is 10.0. The number of aryl methyl sites for hydroxylation is 2. The molecule has 5 heteroatoms. The maximum atomic E-state index is 13.0. The number of aromatic nitrogens is 1. The first-order valence-corrected chi connectivity index (χ1v) is 5.68. The van der Waals surface area contributed by atoms with Crippen LogP contribution in [0.4, 0.5) is 13.2 Å². The number of aromatic amines is 1. The standard InChI is InChI=1S/C13H15F3N2/c1-7-4-8(2)11-9(6-17-3)12(13(14,15)16)18-10(11)5-7/h4-5,17-18H,6H2,1-3H3. The molecule has 2 N–H and O–H groups in total. The van der Waals surface area contributed by atoms with Crippen molar-refractivity contribution in [2.75, 3.05) is 7.05 Å². The summed E-state index contributed by atoms with van der Waals surface area (Å²) in [4.78, 5) is 2.51. The van der Waals surface area contributed by atoms with Gasteiger partial charge in [-0.05, 0) is 38.1 Å². The SMILES string of the molecule is CNCc1c(C(F)(F)F)[nH]c2cc(C)cc(C)c12. The molecule has 0 spiro atoms. The second kappa shape index (κ2) is 4.31. The first-order valence-electron chi connectivity index (χ1n) is 5.68. The zero-order valence-electron chi connectivity index (χ0n) is 10.5. The van der Waals surface area contributed by atoms with Gasteiger partial charge in [0, 0.05) is 23.0 Å². The Morgan fingerprint density at radius 2 is 1.89 bits per heavy atom. The minimum Gasteiger partial charge on any atom is -0.351 e. The summed E-state index contributed by atoms with van der Waals surface area (Å²) in [5.74, 6) is 0. The Labute approximate surface area is 103 Å². The first kappa shape index (κ1) is 13.0. The molecule has 1 aromatic carbocycles. The largest absolute Gasteiger partial charge is 0.431 e. The van der Waals surface area contributed by atoms with Gasteiger partial charge in [0.2, 0.25) is 0 Å². The maximum absolute atomic E-state index is 13.0. The van der Waals surface area contributed by atoms with Crippen LogP contribution in [-0.4, -0.2) is 12.0 Å². The smallest absolute Gasteiger partial charge is 0.351 e. The van der Waals surface area contributed by atoms with Gasteiger partial charge in [0.1, 0.15) is 5.69 Å². The molecule has 2 aromatic rings. The van der Waals surface area contributed by atoms with Gasteiger partial charge in [0.05, 0.1) is 0 Å². The molecular formula is C13H15F3N2. The Kier molecular flexibility index (Phi) is 3.11. The minimum atomic E-state index is -4.36. The van der Waals surface area contributed by atoms with Gasteiger partial charge in [0.15, 0.2) is 0 Å². The lowest BCUT2D eigenvalue weighted by Crippen LogP contribution is -2.13. The van der Waals surface area contributed by atoms with Crippen LogP contribution in [0.2, 0.25) is 0 Å². The Morgan fingerprint density at radius 1 is 1.22 bits per heavy atom. The Hall–Kier alpha value is -1.49. The summed E-state index contributed by atoms with van der Waals surface area (Å²) in [5.41, 5.74) is 2.00. The number of H-pyrrole nitrogens is 1. The monoisotopic (exact) mass is 256 g/mol. The van der Waals surface area contributed by atoms with Gasteiger partial charge < -0.3 is 10.3 Å². The summed E-state index contributed by atoms with van der Waals surface area (Å²) >= 11 is 0. The molecule has 1 aromatic heterocycles. The quantitative estimate of drug-likeness (QED) is 0.845. The normalized spacial score (nSPS) is 12.3. The van der Waals surface area contributed by atoms with Crippen LogP contribution in [0, 0.1) is 13.8 Å². The van der Waals surface area contributed by atoms with Crippen molar-refractivity contribution in [3.63, 3.8) is 0 Å². The molecule has 0 saturated carbocycles. The highest BCUT2D eigenvalue weighted by molar-refractivity contribution is 5.88. The molecule has 0 fully saturated rings. The molecule has 1 heterocycles. The molecule has 18 heavy (non-hydrogen) atoms. The van der Waals surface area contributed by atoms with E-state index in [2.05, 4.69) is 10.3 Å². The van der Waals surface area contributed by atoms with Gasteiger partial charge in [0.25, 0.3) is 0 Å². The second-order valence-electron chi connectivity index (χ2n) is 4.51. The average Bonchev–Trinajstić information content (AvgIpc) is 2.57. The summed E-state index contributed by atoms with van der Waals surface area (Å²) in [6.07, 6.45) is -4.36. The predicted octanol–water partition coefficient (Wildman–Crippen LogP) is 3.52. The van der Waals surface area contributed by atoms with E-state index in [0.29, 0.717) is 10.9 Å². The molecule has 0 saturated heterocycles. The third-order valence-electron chi connectivity index (χ3n) is 2.98. The summed E-state index contributed by atoms with van der Waals surface area (Å²) in [7, 11) is 1.64. The summed E-state index contributed by atoms with van der Waals surface area (Å²) in [6, 6.07) is 3.65. The van der Waals surface area contributed by atoms with Crippen LogP contribution in [0.15, 0.2) is 12.1 Å². The van der Waals surface area contributed by atoms with Crippen LogP contribution >= 0.6 is 0 Å². The van der Waals surface area contributed by atoms with E-state index in [1.54, 1.807) is 13.1 Å². The Bertz CT molecular complexity index is 582. The third kappa shape index (κ3) is 2.10.